The van der Waals surface area contributed by atoms with E-state index >= 15 is 0 Å². The number of nitrogens with zero attached hydrogens (tertiary/aromatic N) is 2. The topological polar surface area (TPSA) is 58.4 Å². The molecule has 0 radical (unpaired) electrons. The summed E-state index contributed by atoms with van der Waals surface area (Å²) in [6.07, 6.45) is 2.02. The SMILES string of the molecule is CCCNc1ccc(CN(CC)C(C)CC)cc1[N+](=O)[O-]. The second-order valence-corrected chi connectivity index (χ2v) is 5.36. The van der Waals surface area contributed by atoms with Crippen molar-refractivity contribution in [3.8, 4) is 0 Å². The molecule has 0 heterocycles. The lowest BCUT2D eigenvalue weighted by Gasteiger charge is -2.27. The van der Waals surface area contributed by atoms with E-state index in [0.717, 1.165) is 38.0 Å². The summed E-state index contributed by atoms with van der Waals surface area (Å²) in [5.41, 5.74) is 1.77. The van der Waals surface area contributed by atoms with Gasteiger partial charge in [-0.3, -0.25) is 15.0 Å². The third kappa shape index (κ3) is 5.01. The second-order valence-electron chi connectivity index (χ2n) is 5.36. The molecule has 5 heteroatoms. The minimum absolute atomic E-state index is 0.168. The van der Waals surface area contributed by atoms with Crippen LogP contribution in [0.25, 0.3) is 0 Å². The molecule has 0 aromatic heterocycles. The molecule has 0 saturated carbocycles. The fourth-order valence-corrected chi connectivity index (χ4v) is 2.31. The summed E-state index contributed by atoms with van der Waals surface area (Å²) < 4.78 is 0. The van der Waals surface area contributed by atoms with Crippen molar-refractivity contribution in [2.24, 2.45) is 0 Å². The largest absolute Gasteiger partial charge is 0.380 e. The Labute approximate surface area is 127 Å². The number of hydrogen-bond acceptors (Lipinski definition) is 4. The summed E-state index contributed by atoms with van der Waals surface area (Å²) in [4.78, 5) is 13.3. The van der Waals surface area contributed by atoms with Crippen LogP contribution in [0, 0.1) is 10.1 Å². The highest BCUT2D eigenvalue weighted by molar-refractivity contribution is 5.62. The van der Waals surface area contributed by atoms with Crippen LogP contribution in [0.15, 0.2) is 18.2 Å². The van der Waals surface area contributed by atoms with E-state index in [-0.39, 0.29) is 10.6 Å². The van der Waals surface area contributed by atoms with Crippen LogP contribution < -0.4 is 5.32 Å². The number of benzene rings is 1. The number of anilines is 1. The molecule has 0 aliphatic carbocycles. The molecule has 1 aromatic carbocycles. The first kappa shape index (κ1) is 17.4. The van der Waals surface area contributed by atoms with Gasteiger partial charge in [0.1, 0.15) is 5.69 Å². The number of nitro benzene ring substituents is 1. The summed E-state index contributed by atoms with van der Waals surface area (Å²) in [5.74, 6) is 0. The molecule has 0 fully saturated rings. The predicted octanol–water partition coefficient (Wildman–Crippen LogP) is 4.04. The summed E-state index contributed by atoms with van der Waals surface area (Å²) in [5, 5.41) is 14.4. The highest BCUT2D eigenvalue weighted by Crippen LogP contribution is 2.26. The van der Waals surface area contributed by atoms with Crippen LogP contribution in [0.2, 0.25) is 0 Å². The Morgan fingerprint density at radius 1 is 1.33 bits per heavy atom. The minimum atomic E-state index is -0.305. The molecule has 21 heavy (non-hydrogen) atoms. The Morgan fingerprint density at radius 2 is 2.05 bits per heavy atom. The predicted molar refractivity (Wildman–Crippen MR) is 87.7 cm³/mol. The standard InChI is InChI=1S/C16H27N3O2/c1-5-10-17-15-9-8-14(11-16(15)19(20)21)12-18(7-3)13(4)6-2/h8-9,11,13,17H,5-7,10,12H2,1-4H3. The normalized spacial score (nSPS) is 12.4. The van der Waals surface area contributed by atoms with Crippen molar-refractivity contribution >= 4 is 11.4 Å². The van der Waals surface area contributed by atoms with Crippen molar-refractivity contribution in [1.29, 1.82) is 0 Å². The van der Waals surface area contributed by atoms with Crippen LogP contribution in [-0.2, 0) is 6.54 Å². The van der Waals surface area contributed by atoms with Gasteiger partial charge in [-0.2, -0.15) is 0 Å². The third-order valence-electron chi connectivity index (χ3n) is 3.83. The van der Waals surface area contributed by atoms with Crippen LogP contribution in [-0.4, -0.2) is 29.0 Å². The zero-order valence-electron chi connectivity index (χ0n) is 13.6. The van der Waals surface area contributed by atoms with E-state index in [1.807, 2.05) is 19.1 Å². The lowest BCUT2D eigenvalue weighted by Crippen LogP contribution is -2.31. The third-order valence-corrected chi connectivity index (χ3v) is 3.83. The van der Waals surface area contributed by atoms with E-state index in [9.17, 15) is 10.1 Å². The molecule has 1 N–H and O–H groups in total. The molecule has 0 spiro atoms. The van der Waals surface area contributed by atoms with Gasteiger partial charge in [0.25, 0.3) is 5.69 Å². The maximum absolute atomic E-state index is 11.2. The van der Waals surface area contributed by atoms with Crippen molar-refractivity contribution in [3.05, 3.63) is 33.9 Å². The van der Waals surface area contributed by atoms with Crippen molar-refractivity contribution in [3.63, 3.8) is 0 Å². The van der Waals surface area contributed by atoms with Gasteiger partial charge < -0.3 is 5.32 Å². The lowest BCUT2D eigenvalue weighted by atomic mass is 10.1. The van der Waals surface area contributed by atoms with Crippen molar-refractivity contribution in [1.82, 2.24) is 4.90 Å². The zero-order chi connectivity index (χ0) is 15.8. The fraction of sp³-hybridized carbons (Fsp3) is 0.625. The van der Waals surface area contributed by atoms with Gasteiger partial charge in [-0.15, -0.1) is 0 Å². The molecule has 0 bridgehead atoms. The first-order chi connectivity index (χ1) is 10.0. The van der Waals surface area contributed by atoms with E-state index < -0.39 is 0 Å². The van der Waals surface area contributed by atoms with E-state index in [0.29, 0.717) is 11.7 Å². The van der Waals surface area contributed by atoms with Gasteiger partial charge in [-0.25, -0.2) is 0 Å². The molecule has 1 atom stereocenters. The summed E-state index contributed by atoms with van der Waals surface area (Å²) in [6.45, 7) is 11.0. The molecular weight excluding hydrogens is 266 g/mol. The first-order valence-electron chi connectivity index (χ1n) is 7.78. The zero-order valence-corrected chi connectivity index (χ0v) is 13.6. The first-order valence-corrected chi connectivity index (χ1v) is 7.78. The Bertz CT molecular complexity index is 463. The monoisotopic (exact) mass is 293 g/mol. The maximum Gasteiger partial charge on any atom is 0.292 e. The number of nitro groups is 1. The molecule has 118 valence electrons. The average molecular weight is 293 g/mol. The van der Waals surface area contributed by atoms with Gasteiger partial charge in [-0.05, 0) is 37.9 Å². The molecule has 1 rings (SSSR count). The van der Waals surface area contributed by atoms with Gasteiger partial charge in [-0.1, -0.05) is 26.8 Å². The number of nitrogens with one attached hydrogen (secondary N) is 1. The summed E-state index contributed by atoms with van der Waals surface area (Å²) in [6, 6.07) is 5.99. The summed E-state index contributed by atoms with van der Waals surface area (Å²) in [7, 11) is 0. The Morgan fingerprint density at radius 3 is 2.57 bits per heavy atom. The van der Waals surface area contributed by atoms with Gasteiger partial charge >= 0.3 is 0 Å². The van der Waals surface area contributed by atoms with E-state index in [1.165, 1.54) is 0 Å². The van der Waals surface area contributed by atoms with Crippen LogP contribution in [0.4, 0.5) is 11.4 Å². The maximum atomic E-state index is 11.2. The van der Waals surface area contributed by atoms with Crippen molar-refractivity contribution < 1.29 is 4.92 Å². The van der Waals surface area contributed by atoms with Gasteiger partial charge in [0.05, 0.1) is 4.92 Å². The number of hydrogen-bond donors (Lipinski definition) is 1. The molecule has 5 nitrogen and oxygen atoms in total. The van der Waals surface area contributed by atoms with Crippen molar-refractivity contribution in [2.45, 2.75) is 53.1 Å². The van der Waals surface area contributed by atoms with Crippen LogP contribution in [0.5, 0.6) is 0 Å². The quantitative estimate of drug-likeness (QED) is 0.551. The van der Waals surface area contributed by atoms with Crippen LogP contribution in [0.3, 0.4) is 0 Å². The summed E-state index contributed by atoms with van der Waals surface area (Å²) >= 11 is 0. The van der Waals surface area contributed by atoms with Crippen molar-refractivity contribution in [2.75, 3.05) is 18.4 Å². The van der Waals surface area contributed by atoms with Gasteiger partial charge in [0, 0.05) is 25.2 Å². The smallest absolute Gasteiger partial charge is 0.292 e. The van der Waals surface area contributed by atoms with Gasteiger partial charge in [0.2, 0.25) is 0 Å². The molecule has 0 aliphatic heterocycles. The highest BCUT2D eigenvalue weighted by Gasteiger charge is 2.16. The molecule has 0 saturated heterocycles. The molecular formula is C16H27N3O2. The lowest BCUT2D eigenvalue weighted by molar-refractivity contribution is -0.384. The molecule has 0 aliphatic rings. The van der Waals surface area contributed by atoms with E-state index in [4.69, 9.17) is 0 Å². The van der Waals surface area contributed by atoms with Crippen LogP contribution in [0.1, 0.15) is 46.1 Å². The Hall–Kier alpha value is -1.62. The fourth-order valence-electron chi connectivity index (χ4n) is 2.31. The Kier molecular flexibility index (Phi) is 7.15. The average Bonchev–Trinajstić information content (AvgIpc) is 2.50. The molecule has 0 amide bonds. The molecule has 1 unspecified atom stereocenters. The molecule has 1 aromatic rings. The van der Waals surface area contributed by atoms with E-state index in [1.54, 1.807) is 6.07 Å². The number of rotatable bonds is 9. The highest BCUT2D eigenvalue weighted by atomic mass is 16.6. The van der Waals surface area contributed by atoms with Crippen LogP contribution >= 0.6 is 0 Å². The Balaban J connectivity index is 2.94. The minimum Gasteiger partial charge on any atom is -0.380 e. The van der Waals surface area contributed by atoms with E-state index in [2.05, 4.69) is 31.0 Å². The second kappa shape index (κ2) is 8.62. The van der Waals surface area contributed by atoms with Gasteiger partial charge in [0.15, 0.2) is 0 Å².